The van der Waals surface area contributed by atoms with Crippen molar-refractivity contribution in [2.24, 2.45) is 16.5 Å². The molecule has 0 aromatic heterocycles. The summed E-state index contributed by atoms with van der Waals surface area (Å²) in [6.07, 6.45) is 1.49. The number of guanidine groups is 1. The highest BCUT2D eigenvalue weighted by molar-refractivity contribution is 6.03. The van der Waals surface area contributed by atoms with Crippen LogP contribution < -0.4 is 16.2 Å². The number of hydrogen-bond acceptors (Lipinski definition) is 3. The van der Waals surface area contributed by atoms with E-state index in [4.69, 9.17) is 16.2 Å². The fourth-order valence-corrected chi connectivity index (χ4v) is 2.81. The van der Waals surface area contributed by atoms with E-state index in [9.17, 15) is 14.4 Å². The molecule has 0 saturated heterocycles. The second-order valence-electron chi connectivity index (χ2n) is 5.73. The quantitative estimate of drug-likeness (QED) is 0.637. The lowest BCUT2D eigenvalue weighted by molar-refractivity contribution is 0.100. The maximum absolute atomic E-state index is 14.0. The number of fused-ring (bicyclic) bond motifs is 1. The first kappa shape index (κ1) is 17.2. The van der Waals surface area contributed by atoms with Crippen LogP contribution in [0.1, 0.15) is 34.0 Å². The zero-order valence-corrected chi connectivity index (χ0v) is 13.9. The molecule has 0 radical (unpaired) electrons. The van der Waals surface area contributed by atoms with Crippen molar-refractivity contribution in [3.05, 3.63) is 70.5 Å². The highest BCUT2D eigenvalue weighted by Crippen LogP contribution is 2.38. The minimum atomic E-state index is -0.612. The molecule has 0 fully saturated rings. The standard InChI is InChI=1S/C19H15FN4O2/c1-10-7-13(12-3-2-4-16(20)15(12)9-21)14-8-11(5-6-17(14)26-10)18(25)24-19(22)23/h2-8,10H,1H3,(H4,22,23,24,25). The molecule has 0 bridgehead atoms. The van der Waals surface area contributed by atoms with Crippen LogP contribution in [0.5, 0.6) is 5.75 Å². The van der Waals surface area contributed by atoms with Gasteiger partial charge < -0.3 is 16.2 Å². The number of hydrogen-bond donors (Lipinski definition) is 2. The Balaban J connectivity index is 2.19. The van der Waals surface area contributed by atoms with Crippen LogP contribution in [0.25, 0.3) is 5.57 Å². The van der Waals surface area contributed by atoms with Crippen molar-refractivity contribution in [2.75, 3.05) is 0 Å². The van der Waals surface area contributed by atoms with Gasteiger partial charge in [0.25, 0.3) is 5.91 Å². The molecule has 0 aliphatic carbocycles. The third-order valence-electron chi connectivity index (χ3n) is 3.88. The Hall–Kier alpha value is -3.66. The second-order valence-corrected chi connectivity index (χ2v) is 5.73. The maximum atomic E-state index is 14.0. The Morgan fingerprint density at radius 1 is 1.27 bits per heavy atom. The zero-order valence-electron chi connectivity index (χ0n) is 13.9. The van der Waals surface area contributed by atoms with Gasteiger partial charge >= 0.3 is 0 Å². The van der Waals surface area contributed by atoms with Crippen molar-refractivity contribution in [1.82, 2.24) is 0 Å². The first-order valence-electron chi connectivity index (χ1n) is 7.76. The van der Waals surface area contributed by atoms with Crippen molar-refractivity contribution in [3.8, 4) is 11.8 Å². The Labute approximate surface area is 149 Å². The molecule has 1 atom stereocenters. The van der Waals surface area contributed by atoms with Gasteiger partial charge in [0.1, 0.15) is 23.7 Å². The molecule has 7 heteroatoms. The number of nitriles is 1. The van der Waals surface area contributed by atoms with Gasteiger partial charge in [-0.15, -0.1) is 0 Å². The lowest BCUT2D eigenvalue weighted by atomic mass is 9.90. The maximum Gasteiger partial charge on any atom is 0.280 e. The summed E-state index contributed by atoms with van der Waals surface area (Å²) in [6.45, 7) is 1.83. The lowest BCUT2D eigenvalue weighted by Crippen LogP contribution is -2.24. The van der Waals surface area contributed by atoms with Gasteiger partial charge in [0.15, 0.2) is 5.96 Å². The lowest BCUT2D eigenvalue weighted by Gasteiger charge is -2.24. The second kappa shape index (κ2) is 6.69. The van der Waals surface area contributed by atoms with Gasteiger partial charge in [0, 0.05) is 16.7 Å². The first-order chi connectivity index (χ1) is 12.4. The number of carbonyl (C=O) groups excluding carboxylic acids is 1. The third kappa shape index (κ3) is 3.13. The van der Waals surface area contributed by atoms with Crippen LogP contribution in [-0.2, 0) is 0 Å². The molecule has 1 aliphatic heterocycles. The molecule has 130 valence electrons. The predicted octanol–water partition coefficient (Wildman–Crippen LogP) is 2.32. The summed E-state index contributed by atoms with van der Waals surface area (Å²) >= 11 is 0. The van der Waals surface area contributed by atoms with E-state index in [1.54, 1.807) is 30.3 Å². The van der Waals surface area contributed by atoms with Crippen molar-refractivity contribution >= 4 is 17.4 Å². The summed E-state index contributed by atoms with van der Waals surface area (Å²) in [4.78, 5) is 15.6. The average molecular weight is 350 g/mol. The molecule has 1 amide bonds. The molecule has 2 aromatic carbocycles. The molecule has 4 N–H and O–H groups in total. The monoisotopic (exact) mass is 350 g/mol. The predicted molar refractivity (Wildman–Crippen MR) is 94.9 cm³/mol. The van der Waals surface area contributed by atoms with Crippen molar-refractivity contribution < 1.29 is 13.9 Å². The van der Waals surface area contributed by atoms with Crippen LogP contribution in [0.2, 0.25) is 0 Å². The molecule has 0 spiro atoms. The fraction of sp³-hybridized carbons (Fsp3) is 0.105. The smallest absolute Gasteiger partial charge is 0.280 e. The van der Waals surface area contributed by atoms with E-state index in [-0.39, 0.29) is 23.2 Å². The van der Waals surface area contributed by atoms with E-state index in [2.05, 4.69) is 4.99 Å². The molecule has 2 aromatic rings. The third-order valence-corrected chi connectivity index (χ3v) is 3.88. The highest BCUT2D eigenvalue weighted by Gasteiger charge is 2.23. The number of benzene rings is 2. The number of ether oxygens (including phenoxy) is 1. The zero-order chi connectivity index (χ0) is 18.8. The molecule has 1 aliphatic rings. The number of nitrogens with zero attached hydrogens (tertiary/aromatic N) is 2. The Morgan fingerprint density at radius 3 is 2.73 bits per heavy atom. The van der Waals surface area contributed by atoms with E-state index in [1.807, 2.05) is 13.0 Å². The Morgan fingerprint density at radius 2 is 2.04 bits per heavy atom. The number of amides is 1. The van der Waals surface area contributed by atoms with E-state index in [1.165, 1.54) is 12.1 Å². The van der Waals surface area contributed by atoms with Gasteiger partial charge in [-0.05, 0) is 42.8 Å². The molecule has 6 nitrogen and oxygen atoms in total. The largest absolute Gasteiger partial charge is 0.486 e. The number of aliphatic imine (C=N–C) groups is 1. The summed E-state index contributed by atoms with van der Waals surface area (Å²) in [6, 6.07) is 11.0. The van der Waals surface area contributed by atoms with E-state index >= 15 is 0 Å². The van der Waals surface area contributed by atoms with Crippen LogP contribution in [0.3, 0.4) is 0 Å². The summed E-state index contributed by atoms with van der Waals surface area (Å²) in [7, 11) is 0. The molecule has 1 heterocycles. The Kier molecular flexibility index (Phi) is 4.42. The van der Waals surface area contributed by atoms with Crippen LogP contribution in [0.15, 0.2) is 47.5 Å². The molecule has 0 saturated carbocycles. The molecular weight excluding hydrogens is 335 g/mol. The molecule has 26 heavy (non-hydrogen) atoms. The highest BCUT2D eigenvalue weighted by atomic mass is 19.1. The normalized spacial score (nSPS) is 15.1. The summed E-state index contributed by atoms with van der Waals surface area (Å²) < 4.78 is 19.8. The summed E-state index contributed by atoms with van der Waals surface area (Å²) in [5.41, 5.74) is 12.3. The van der Waals surface area contributed by atoms with Gasteiger partial charge in [0.05, 0.1) is 5.56 Å². The van der Waals surface area contributed by atoms with Gasteiger partial charge in [-0.1, -0.05) is 12.1 Å². The van der Waals surface area contributed by atoms with Crippen LogP contribution >= 0.6 is 0 Å². The van der Waals surface area contributed by atoms with Gasteiger partial charge in [-0.2, -0.15) is 10.3 Å². The molecular formula is C19H15FN4O2. The van der Waals surface area contributed by atoms with Crippen LogP contribution in [-0.4, -0.2) is 18.0 Å². The fourth-order valence-electron chi connectivity index (χ4n) is 2.81. The number of carbonyl (C=O) groups is 1. The minimum Gasteiger partial charge on any atom is -0.486 e. The van der Waals surface area contributed by atoms with E-state index < -0.39 is 11.7 Å². The first-order valence-corrected chi connectivity index (χ1v) is 7.76. The Bertz CT molecular complexity index is 1000. The van der Waals surface area contributed by atoms with E-state index in [0.29, 0.717) is 22.4 Å². The van der Waals surface area contributed by atoms with Gasteiger partial charge in [-0.3, -0.25) is 4.79 Å². The number of rotatable bonds is 2. The van der Waals surface area contributed by atoms with E-state index in [0.717, 1.165) is 0 Å². The van der Waals surface area contributed by atoms with Crippen molar-refractivity contribution in [3.63, 3.8) is 0 Å². The number of halogens is 1. The molecule has 1 unspecified atom stereocenters. The van der Waals surface area contributed by atoms with Gasteiger partial charge in [-0.25, -0.2) is 4.39 Å². The van der Waals surface area contributed by atoms with Crippen LogP contribution in [0.4, 0.5) is 4.39 Å². The minimum absolute atomic E-state index is 0.0697. The summed E-state index contributed by atoms with van der Waals surface area (Å²) in [5, 5.41) is 9.34. The van der Waals surface area contributed by atoms with Crippen LogP contribution in [0, 0.1) is 17.1 Å². The topological polar surface area (TPSA) is 114 Å². The van der Waals surface area contributed by atoms with Crippen molar-refractivity contribution in [1.29, 1.82) is 5.26 Å². The molecule has 3 rings (SSSR count). The van der Waals surface area contributed by atoms with Crippen molar-refractivity contribution in [2.45, 2.75) is 13.0 Å². The SMILES string of the molecule is CC1C=C(c2cccc(F)c2C#N)c2cc(C(=O)N=C(N)N)ccc2O1. The summed E-state index contributed by atoms with van der Waals surface area (Å²) in [5.74, 6) is -1.04. The average Bonchev–Trinajstić information content (AvgIpc) is 2.59. The number of nitrogens with two attached hydrogens (primary N) is 2. The van der Waals surface area contributed by atoms with Gasteiger partial charge in [0.2, 0.25) is 0 Å².